The first-order valence-corrected chi connectivity index (χ1v) is 11.6. The van der Waals surface area contributed by atoms with E-state index in [1.807, 2.05) is 22.9 Å². The predicted octanol–water partition coefficient (Wildman–Crippen LogP) is 5.65. The number of fused-ring (bicyclic) bond motifs is 1. The molecule has 2 aromatic carbocycles. The Morgan fingerprint density at radius 1 is 1.14 bits per heavy atom. The van der Waals surface area contributed by atoms with Crippen molar-refractivity contribution >= 4 is 39.3 Å². The molecule has 1 saturated carbocycles. The highest BCUT2D eigenvalue weighted by Crippen LogP contribution is 2.43. The van der Waals surface area contributed by atoms with Gasteiger partial charge in [0.15, 0.2) is 6.23 Å². The van der Waals surface area contributed by atoms with Gasteiger partial charge in [-0.3, -0.25) is 4.79 Å². The second-order valence-electron chi connectivity index (χ2n) is 8.28. The lowest BCUT2D eigenvalue weighted by Crippen LogP contribution is -2.19. The maximum atomic E-state index is 13.2. The van der Waals surface area contributed by atoms with Crippen molar-refractivity contribution in [3.8, 4) is 0 Å². The first-order valence-electron chi connectivity index (χ1n) is 10.6. The number of carbonyl (C=O) groups excluding carboxylic acids is 1. The SMILES string of the molecule is O=C(Cc1ccc2c(c1)c(I)nn2C1CCCCO1)C(c1ccccc1)C1CC1. The van der Waals surface area contributed by atoms with E-state index >= 15 is 0 Å². The monoisotopic (exact) mass is 500 g/mol. The molecule has 0 spiro atoms. The van der Waals surface area contributed by atoms with Crippen LogP contribution in [0, 0.1) is 9.62 Å². The van der Waals surface area contributed by atoms with Gasteiger partial charge in [-0.25, -0.2) is 4.68 Å². The van der Waals surface area contributed by atoms with Crippen LogP contribution in [0.4, 0.5) is 0 Å². The van der Waals surface area contributed by atoms with E-state index in [1.165, 1.54) is 6.42 Å². The highest BCUT2D eigenvalue weighted by molar-refractivity contribution is 14.1. The van der Waals surface area contributed by atoms with Crippen molar-refractivity contribution in [2.24, 2.45) is 5.92 Å². The summed E-state index contributed by atoms with van der Waals surface area (Å²) in [5.41, 5.74) is 3.34. The van der Waals surface area contributed by atoms with Crippen LogP contribution in [-0.2, 0) is 16.0 Å². The Bertz CT molecular complexity index is 1020. The van der Waals surface area contributed by atoms with Crippen LogP contribution in [0.1, 0.15) is 55.4 Å². The Morgan fingerprint density at radius 3 is 2.69 bits per heavy atom. The smallest absolute Gasteiger partial charge is 0.150 e. The third kappa shape index (κ3) is 3.99. The summed E-state index contributed by atoms with van der Waals surface area (Å²) in [6.07, 6.45) is 6.15. The second kappa shape index (κ2) is 8.19. The summed E-state index contributed by atoms with van der Waals surface area (Å²) in [6.45, 7) is 0.803. The fourth-order valence-electron chi connectivity index (χ4n) is 4.52. The summed E-state index contributed by atoms with van der Waals surface area (Å²) in [5.74, 6) is 0.875. The van der Waals surface area contributed by atoms with Gasteiger partial charge in [0.1, 0.15) is 9.48 Å². The molecule has 2 aliphatic rings. The number of benzene rings is 2. The van der Waals surface area contributed by atoms with Crippen LogP contribution in [0.25, 0.3) is 10.9 Å². The van der Waals surface area contributed by atoms with Gasteiger partial charge in [-0.15, -0.1) is 0 Å². The molecule has 1 aliphatic heterocycles. The Labute approximate surface area is 184 Å². The minimum Gasteiger partial charge on any atom is -0.356 e. The largest absolute Gasteiger partial charge is 0.356 e. The van der Waals surface area contributed by atoms with E-state index in [9.17, 15) is 4.79 Å². The molecule has 150 valence electrons. The number of ether oxygens (including phenoxy) is 1. The van der Waals surface area contributed by atoms with E-state index in [0.717, 1.165) is 58.0 Å². The van der Waals surface area contributed by atoms with Crippen molar-refractivity contribution < 1.29 is 9.53 Å². The van der Waals surface area contributed by atoms with Gasteiger partial charge in [0, 0.05) is 24.3 Å². The van der Waals surface area contributed by atoms with Crippen LogP contribution in [0.5, 0.6) is 0 Å². The molecule has 2 atom stereocenters. The number of Topliss-reactive ketones (excluding diaryl/α,β-unsaturated/α-hetero) is 1. The molecular formula is C24H25IN2O2. The quantitative estimate of drug-likeness (QED) is 0.412. The molecular weight excluding hydrogens is 475 g/mol. The molecule has 4 nitrogen and oxygen atoms in total. The minimum absolute atomic E-state index is 0.0274. The van der Waals surface area contributed by atoms with Crippen molar-refractivity contribution in [1.29, 1.82) is 0 Å². The van der Waals surface area contributed by atoms with Gasteiger partial charge in [-0.05, 0) is 83.9 Å². The molecule has 1 aromatic heterocycles. The van der Waals surface area contributed by atoms with E-state index in [-0.39, 0.29) is 12.1 Å². The van der Waals surface area contributed by atoms with Gasteiger partial charge in [-0.1, -0.05) is 36.4 Å². The summed E-state index contributed by atoms with van der Waals surface area (Å²) in [7, 11) is 0. The molecule has 29 heavy (non-hydrogen) atoms. The Kier molecular flexibility index (Phi) is 5.43. The van der Waals surface area contributed by atoms with E-state index < -0.39 is 0 Å². The van der Waals surface area contributed by atoms with Gasteiger partial charge in [0.2, 0.25) is 0 Å². The van der Waals surface area contributed by atoms with Gasteiger partial charge in [-0.2, -0.15) is 5.10 Å². The molecule has 1 saturated heterocycles. The Morgan fingerprint density at radius 2 is 1.97 bits per heavy atom. The highest BCUT2D eigenvalue weighted by Gasteiger charge is 2.36. The molecule has 2 unspecified atom stereocenters. The van der Waals surface area contributed by atoms with E-state index in [4.69, 9.17) is 9.84 Å². The van der Waals surface area contributed by atoms with Crippen molar-refractivity contribution in [3.63, 3.8) is 0 Å². The van der Waals surface area contributed by atoms with Gasteiger partial charge in [0.05, 0.1) is 5.52 Å². The van der Waals surface area contributed by atoms with Crippen molar-refractivity contribution in [3.05, 3.63) is 63.4 Å². The third-order valence-corrected chi connectivity index (χ3v) is 6.93. The van der Waals surface area contributed by atoms with Crippen LogP contribution in [0.15, 0.2) is 48.5 Å². The molecule has 2 fully saturated rings. The summed E-state index contributed by atoms with van der Waals surface area (Å²) in [4.78, 5) is 13.2. The lowest BCUT2D eigenvalue weighted by atomic mass is 9.87. The molecule has 0 N–H and O–H groups in total. The first-order chi connectivity index (χ1) is 14.2. The molecule has 0 amide bonds. The number of nitrogens with zero attached hydrogens (tertiary/aromatic N) is 2. The summed E-state index contributed by atoms with van der Waals surface area (Å²) in [6, 6.07) is 16.6. The van der Waals surface area contributed by atoms with Crippen LogP contribution in [0.3, 0.4) is 0 Å². The number of ketones is 1. The highest BCUT2D eigenvalue weighted by atomic mass is 127. The molecule has 0 bridgehead atoms. The van der Waals surface area contributed by atoms with E-state index in [0.29, 0.717) is 18.1 Å². The van der Waals surface area contributed by atoms with Crippen molar-refractivity contribution in [1.82, 2.24) is 9.78 Å². The number of carbonyl (C=O) groups is 1. The molecule has 3 aromatic rings. The van der Waals surface area contributed by atoms with Crippen LogP contribution in [0.2, 0.25) is 0 Å². The van der Waals surface area contributed by atoms with Crippen LogP contribution in [-0.4, -0.2) is 22.2 Å². The number of aromatic nitrogens is 2. The van der Waals surface area contributed by atoms with Crippen LogP contribution >= 0.6 is 22.6 Å². The fourth-order valence-corrected chi connectivity index (χ4v) is 5.18. The lowest BCUT2D eigenvalue weighted by Gasteiger charge is -2.23. The fraction of sp³-hybridized carbons (Fsp3) is 0.417. The van der Waals surface area contributed by atoms with Crippen molar-refractivity contribution in [2.75, 3.05) is 6.61 Å². The molecule has 2 heterocycles. The standard InChI is InChI=1S/C24H25IN2O2/c25-24-19-14-16(9-12-20(19)27(26-24)22-8-4-5-13-29-22)15-21(28)23(18-10-11-18)17-6-2-1-3-7-17/h1-3,6-7,9,12,14,18,22-23H,4-5,8,10-11,13,15H2. The Balaban J connectivity index is 1.40. The van der Waals surface area contributed by atoms with E-state index in [2.05, 4.69) is 52.9 Å². The maximum Gasteiger partial charge on any atom is 0.150 e. The maximum absolute atomic E-state index is 13.2. The lowest BCUT2D eigenvalue weighted by molar-refractivity contribution is -0.120. The number of hydrogen-bond acceptors (Lipinski definition) is 3. The summed E-state index contributed by atoms with van der Waals surface area (Å²) in [5, 5.41) is 5.87. The number of rotatable bonds is 6. The Hall–Kier alpha value is -1.73. The zero-order valence-electron chi connectivity index (χ0n) is 16.4. The molecule has 1 aliphatic carbocycles. The van der Waals surface area contributed by atoms with Gasteiger partial charge in [0.25, 0.3) is 0 Å². The van der Waals surface area contributed by atoms with Gasteiger partial charge < -0.3 is 4.74 Å². The minimum atomic E-state index is 0.0274. The topological polar surface area (TPSA) is 44.1 Å². The average Bonchev–Trinajstić information content (AvgIpc) is 3.53. The number of hydrogen-bond donors (Lipinski definition) is 0. The molecule has 5 heteroatoms. The summed E-state index contributed by atoms with van der Waals surface area (Å²) < 4.78 is 8.94. The van der Waals surface area contributed by atoms with Gasteiger partial charge >= 0.3 is 0 Å². The second-order valence-corrected chi connectivity index (χ2v) is 9.30. The average molecular weight is 500 g/mol. The zero-order valence-corrected chi connectivity index (χ0v) is 18.5. The normalized spacial score (nSPS) is 20.7. The first kappa shape index (κ1) is 19.2. The zero-order chi connectivity index (χ0) is 19.8. The number of halogens is 1. The molecule has 0 radical (unpaired) electrons. The predicted molar refractivity (Wildman–Crippen MR) is 122 cm³/mol. The van der Waals surface area contributed by atoms with Crippen LogP contribution < -0.4 is 0 Å². The van der Waals surface area contributed by atoms with E-state index in [1.54, 1.807) is 0 Å². The summed E-state index contributed by atoms with van der Waals surface area (Å²) >= 11 is 2.30. The third-order valence-electron chi connectivity index (χ3n) is 6.13. The van der Waals surface area contributed by atoms with Crippen molar-refractivity contribution in [2.45, 2.75) is 50.7 Å². The molecule has 5 rings (SSSR count).